The molecule has 0 N–H and O–H groups in total. The summed E-state index contributed by atoms with van der Waals surface area (Å²) < 4.78 is 11.3. The van der Waals surface area contributed by atoms with Crippen molar-refractivity contribution in [2.24, 2.45) is 0 Å². The zero-order valence-electron chi connectivity index (χ0n) is 16.0. The Morgan fingerprint density at radius 3 is 2.86 bits per heavy atom. The van der Waals surface area contributed by atoms with Gasteiger partial charge in [-0.2, -0.15) is 0 Å². The number of hydrogen-bond acceptors (Lipinski definition) is 4. The molecule has 1 saturated heterocycles. The number of ether oxygens (including phenoxy) is 2. The third-order valence-corrected chi connectivity index (χ3v) is 5.59. The maximum Gasteiger partial charge on any atom is 0.411 e. The second-order valence-electron chi connectivity index (χ2n) is 7.51. The van der Waals surface area contributed by atoms with Crippen molar-refractivity contribution in [3.8, 4) is 0 Å². The van der Waals surface area contributed by atoms with Gasteiger partial charge in [-0.15, -0.1) is 0 Å². The summed E-state index contributed by atoms with van der Waals surface area (Å²) in [7, 11) is 0. The van der Waals surface area contributed by atoms with Gasteiger partial charge in [0.15, 0.2) is 0 Å². The molecule has 0 saturated carbocycles. The molecule has 0 spiro atoms. The van der Waals surface area contributed by atoms with E-state index in [0.717, 1.165) is 28.5 Å². The standard InChI is InChI=1S/C24H22N2O3/c27-24(29-14-17-5-2-1-3-6-17)26-21-11-20(12-22(26)16-28-15-21)19-9-8-18-7-4-10-25-23(18)13-19/h1-11,13,21-22H,12,14-16H2. The highest BCUT2D eigenvalue weighted by molar-refractivity contribution is 5.84. The SMILES string of the molecule is O=C(OCc1ccccc1)N1C2C=C(c3ccc4cccnc4c3)CC1COC2. The van der Waals surface area contributed by atoms with Crippen LogP contribution in [0.4, 0.5) is 4.79 Å². The smallest absolute Gasteiger partial charge is 0.411 e. The van der Waals surface area contributed by atoms with E-state index in [1.165, 1.54) is 5.57 Å². The van der Waals surface area contributed by atoms with E-state index in [-0.39, 0.29) is 24.8 Å². The van der Waals surface area contributed by atoms with Gasteiger partial charge in [-0.1, -0.05) is 54.6 Å². The number of nitrogens with zero attached hydrogens (tertiary/aromatic N) is 2. The Bertz CT molecular complexity index is 1060. The first kappa shape index (κ1) is 17.9. The fraction of sp³-hybridized carbons (Fsp3) is 0.250. The topological polar surface area (TPSA) is 51.7 Å². The zero-order valence-corrected chi connectivity index (χ0v) is 16.0. The Hall–Kier alpha value is -3.18. The average molecular weight is 386 g/mol. The Balaban J connectivity index is 1.36. The van der Waals surface area contributed by atoms with Crippen molar-refractivity contribution in [2.45, 2.75) is 25.1 Å². The van der Waals surface area contributed by atoms with Gasteiger partial charge in [0, 0.05) is 11.6 Å². The normalized spacial score (nSPS) is 21.0. The number of hydrogen-bond donors (Lipinski definition) is 0. The Morgan fingerprint density at radius 1 is 1.10 bits per heavy atom. The van der Waals surface area contributed by atoms with Crippen molar-refractivity contribution in [1.82, 2.24) is 9.88 Å². The summed E-state index contributed by atoms with van der Waals surface area (Å²) in [6.07, 6.45) is 4.43. The molecule has 5 heteroatoms. The lowest BCUT2D eigenvalue weighted by molar-refractivity contribution is -0.0342. The molecule has 0 radical (unpaired) electrons. The van der Waals surface area contributed by atoms with Crippen LogP contribution in [0.2, 0.25) is 0 Å². The number of aromatic nitrogens is 1. The molecular weight excluding hydrogens is 364 g/mol. The first-order valence-electron chi connectivity index (χ1n) is 9.90. The van der Waals surface area contributed by atoms with Gasteiger partial charge < -0.3 is 9.47 Å². The van der Waals surface area contributed by atoms with Crippen LogP contribution in [0.5, 0.6) is 0 Å². The molecule has 3 heterocycles. The highest BCUT2D eigenvalue weighted by Crippen LogP contribution is 2.34. The molecule has 2 unspecified atom stereocenters. The molecule has 1 fully saturated rings. The van der Waals surface area contributed by atoms with Crippen LogP contribution in [0.3, 0.4) is 0 Å². The molecule has 5 nitrogen and oxygen atoms in total. The number of benzene rings is 2. The van der Waals surface area contributed by atoms with Gasteiger partial charge >= 0.3 is 6.09 Å². The number of pyridine rings is 1. The quantitative estimate of drug-likeness (QED) is 0.668. The summed E-state index contributed by atoms with van der Waals surface area (Å²) in [5.41, 5.74) is 4.37. The fourth-order valence-corrected chi connectivity index (χ4v) is 4.15. The molecule has 5 rings (SSSR count). The first-order valence-corrected chi connectivity index (χ1v) is 9.90. The van der Waals surface area contributed by atoms with Crippen LogP contribution in [-0.2, 0) is 16.1 Å². The van der Waals surface area contributed by atoms with E-state index in [4.69, 9.17) is 9.47 Å². The highest BCUT2D eigenvalue weighted by Gasteiger charge is 2.39. The van der Waals surface area contributed by atoms with Crippen LogP contribution in [0.15, 0.2) is 72.9 Å². The minimum Gasteiger partial charge on any atom is -0.445 e. The number of rotatable bonds is 3. The molecule has 2 aliphatic rings. The molecule has 29 heavy (non-hydrogen) atoms. The van der Waals surface area contributed by atoms with Crippen molar-refractivity contribution < 1.29 is 14.3 Å². The molecule has 0 aliphatic carbocycles. The Morgan fingerprint density at radius 2 is 2.00 bits per heavy atom. The summed E-state index contributed by atoms with van der Waals surface area (Å²) in [5, 5.41) is 1.13. The van der Waals surface area contributed by atoms with Gasteiger partial charge in [0.2, 0.25) is 0 Å². The van der Waals surface area contributed by atoms with Crippen LogP contribution in [0.25, 0.3) is 16.5 Å². The lowest BCUT2D eigenvalue weighted by Crippen LogP contribution is -2.56. The number of fused-ring (bicyclic) bond motifs is 3. The lowest BCUT2D eigenvalue weighted by atomic mass is 9.89. The fourth-order valence-electron chi connectivity index (χ4n) is 4.15. The zero-order chi connectivity index (χ0) is 19.6. The van der Waals surface area contributed by atoms with Gasteiger partial charge in [-0.25, -0.2) is 4.79 Å². The predicted octanol–water partition coefficient (Wildman–Crippen LogP) is 4.43. The van der Waals surface area contributed by atoms with Gasteiger partial charge in [-0.3, -0.25) is 9.88 Å². The Kier molecular flexibility index (Phi) is 4.74. The second-order valence-corrected chi connectivity index (χ2v) is 7.51. The Labute approximate surface area is 169 Å². The van der Waals surface area contributed by atoms with Crippen molar-refractivity contribution in [2.75, 3.05) is 13.2 Å². The second kappa shape index (κ2) is 7.68. The van der Waals surface area contributed by atoms with Crippen LogP contribution in [-0.4, -0.2) is 41.3 Å². The van der Waals surface area contributed by atoms with Crippen LogP contribution in [0.1, 0.15) is 17.5 Å². The van der Waals surface area contributed by atoms with E-state index >= 15 is 0 Å². The van der Waals surface area contributed by atoms with Crippen LogP contribution in [0, 0.1) is 0 Å². The van der Waals surface area contributed by atoms with E-state index in [0.29, 0.717) is 13.2 Å². The van der Waals surface area contributed by atoms with Gasteiger partial charge in [0.1, 0.15) is 6.61 Å². The van der Waals surface area contributed by atoms with Crippen LogP contribution >= 0.6 is 0 Å². The molecule has 2 atom stereocenters. The third-order valence-electron chi connectivity index (χ3n) is 5.59. The molecule has 2 aromatic carbocycles. The molecule has 1 aromatic heterocycles. The molecule has 2 bridgehead atoms. The summed E-state index contributed by atoms with van der Waals surface area (Å²) in [4.78, 5) is 19.1. The number of carbonyl (C=O) groups excluding carboxylic acids is 1. The van der Waals surface area contributed by atoms with E-state index < -0.39 is 0 Å². The third kappa shape index (κ3) is 3.61. The molecular formula is C24H22N2O3. The predicted molar refractivity (Wildman–Crippen MR) is 111 cm³/mol. The van der Waals surface area contributed by atoms with Crippen molar-refractivity contribution in [1.29, 1.82) is 0 Å². The molecule has 146 valence electrons. The highest BCUT2D eigenvalue weighted by atomic mass is 16.6. The lowest BCUT2D eigenvalue weighted by Gasteiger charge is -2.43. The molecule has 2 aliphatic heterocycles. The number of morpholine rings is 1. The van der Waals surface area contributed by atoms with Crippen LogP contribution < -0.4 is 0 Å². The van der Waals surface area contributed by atoms with Crippen molar-refractivity contribution in [3.05, 3.63) is 84.1 Å². The number of carbonyl (C=O) groups is 1. The maximum absolute atomic E-state index is 12.8. The van der Waals surface area contributed by atoms with E-state index in [2.05, 4.69) is 35.3 Å². The van der Waals surface area contributed by atoms with E-state index in [9.17, 15) is 4.79 Å². The van der Waals surface area contributed by atoms with Crippen molar-refractivity contribution >= 4 is 22.6 Å². The van der Waals surface area contributed by atoms with Gasteiger partial charge in [0.25, 0.3) is 0 Å². The summed E-state index contributed by atoms with van der Waals surface area (Å²) in [6, 6.07) is 20.0. The minimum absolute atomic E-state index is 0.0172. The largest absolute Gasteiger partial charge is 0.445 e. The summed E-state index contributed by atoms with van der Waals surface area (Å²) in [6.45, 7) is 1.30. The minimum atomic E-state index is -0.275. The van der Waals surface area contributed by atoms with E-state index in [1.807, 2.05) is 47.5 Å². The van der Waals surface area contributed by atoms with Crippen molar-refractivity contribution in [3.63, 3.8) is 0 Å². The molecule has 3 aromatic rings. The number of amides is 1. The first-order chi connectivity index (χ1) is 14.3. The summed E-state index contributed by atoms with van der Waals surface area (Å²) in [5.74, 6) is 0. The average Bonchev–Trinajstić information content (AvgIpc) is 2.77. The van der Waals surface area contributed by atoms with E-state index in [1.54, 1.807) is 0 Å². The van der Waals surface area contributed by atoms with Gasteiger partial charge in [-0.05, 0) is 35.3 Å². The molecule has 1 amide bonds. The summed E-state index contributed by atoms with van der Waals surface area (Å²) >= 11 is 0. The maximum atomic E-state index is 12.8. The van der Waals surface area contributed by atoms with Gasteiger partial charge in [0.05, 0.1) is 30.8 Å². The monoisotopic (exact) mass is 386 g/mol.